The summed E-state index contributed by atoms with van der Waals surface area (Å²) in [5.41, 5.74) is 1.61. The Kier molecular flexibility index (Phi) is 3.69. The first kappa shape index (κ1) is 12.4. The molecule has 1 aliphatic rings. The Balaban J connectivity index is 2.26. The molecule has 1 atom stereocenters. The molecule has 0 spiro atoms. The van der Waals surface area contributed by atoms with E-state index in [-0.39, 0.29) is 11.7 Å². The van der Waals surface area contributed by atoms with Crippen molar-refractivity contribution in [1.29, 1.82) is 0 Å². The van der Waals surface area contributed by atoms with Crippen molar-refractivity contribution in [3.05, 3.63) is 33.8 Å². The van der Waals surface area contributed by atoms with Gasteiger partial charge >= 0.3 is 0 Å². The highest BCUT2D eigenvalue weighted by atomic mass is 35.5. The van der Waals surface area contributed by atoms with Crippen LogP contribution in [0.2, 0.25) is 10.0 Å². The molecule has 0 aromatic heterocycles. The van der Waals surface area contributed by atoms with Gasteiger partial charge in [0.2, 0.25) is 0 Å². The Morgan fingerprint density at radius 1 is 1.47 bits per heavy atom. The third-order valence-electron chi connectivity index (χ3n) is 2.57. The zero-order valence-electron chi connectivity index (χ0n) is 9.24. The number of oxime groups is 1. The minimum absolute atomic E-state index is 0.00439. The van der Waals surface area contributed by atoms with Gasteiger partial charge in [-0.25, -0.2) is 0 Å². The Bertz CT molecular complexity index is 485. The molecule has 0 radical (unpaired) electrons. The van der Waals surface area contributed by atoms with Crippen LogP contribution in [0.3, 0.4) is 0 Å². The quantitative estimate of drug-likeness (QED) is 0.846. The molecule has 5 heteroatoms. The van der Waals surface area contributed by atoms with Crippen molar-refractivity contribution in [2.24, 2.45) is 11.1 Å². The molecule has 1 aromatic carbocycles. The van der Waals surface area contributed by atoms with Crippen LogP contribution in [0.4, 0.5) is 0 Å². The third-order valence-corrected chi connectivity index (χ3v) is 3.31. The van der Waals surface area contributed by atoms with E-state index in [9.17, 15) is 4.79 Å². The number of carbonyl (C=O) groups is 1. The molecule has 0 amide bonds. The smallest absolute Gasteiger partial charge is 0.130 e. The number of nitrogens with zero attached hydrogens (tertiary/aromatic N) is 1. The molecular weight excluding hydrogens is 261 g/mol. The fourth-order valence-electron chi connectivity index (χ4n) is 1.80. The molecule has 17 heavy (non-hydrogen) atoms. The minimum atomic E-state index is 0.00439. The van der Waals surface area contributed by atoms with Crippen molar-refractivity contribution < 1.29 is 9.63 Å². The van der Waals surface area contributed by atoms with Gasteiger partial charge in [0, 0.05) is 17.9 Å². The lowest BCUT2D eigenvalue weighted by atomic mass is 9.94. The molecule has 1 aromatic rings. The van der Waals surface area contributed by atoms with E-state index in [2.05, 4.69) is 5.16 Å². The van der Waals surface area contributed by atoms with Gasteiger partial charge in [-0.15, -0.1) is 0 Å². The molecule has 1 aliphatic heterocycles. The van der Waals surface area contributed by atoms with Crippen LogP contribution in [0, 0.1) is 5.92 Å². The van der Waals surface area contributed by atoms with E-state index in [0.717, 1.165) is 11.3 Å². The van der Waals surface area contributed by atoms with Gasteiger partial charge in [0.15, 0.2) is 0 Å². The van der Waals surface area contributed by atoms with Gasteiger partial charge < -0.3 is 9.63 Å². The van der Waals surface area contributed by atoms with E-state index in [1.165, 1.54) is 0 Å². The number of Topliss-reactive ketones (excluding diaryl/α,β-unsaturated/α-hetero) is 1. The Hall–Kier alpha value is -1.06. The van der Waals surface area contributed by atoms with Gasteiger partial charge in [-0.3, -0.25) is 0 Å². The van der Waals surface area contributed by atoms with Crippen molar-refractivity contribution in [2.45, 2.75) is 13.3 Å². The topological polar surface area (TPSA) is 38.7 Å². The molecular formula is C12H11Cl2NO2. The highest BCUT2D eigenvalue weighted by Gasteiger charge is 2.26. The van der Waals surface area contributed by atoms with Crippen LogP contribution in [-0.4, -0.2) is 18.1 Å². The van der Waals surface area contributed by atoms with Gasteiger partial charge in [-0.1, -0.05) is 34.4 Å². The summed E-state index contributed by atoms with van der Waals surface area (Å²) in [7, 11) is 0. The molecule has 90 valence electrons. The van der Waals surface area contributed by atoms with Crippen LogP contribution in [0.5, 0.6) is 0 Å². The number of ketones is 1. The van der Waals surface area contributed by atoms with Crippen molar-refractivity contribution in [2.75, 3.05) is 6.61 Å². The molecule has 3 nitrogen and oxygen atoms in total. The second kappa shape index (κ2) is 5.07. The first-order valence-corrected chi connectivity index (χ1v) is 5.98. The Morgan fingerprint density at radius 2 is 2.24 bits per heavy atom. The molecule has 1 unspecified atom stereocenters. The number of halogens is 2. The highest BCUT2D eigenvalue weighted by Crippen LogP contribution is 2.27. The van der Waals surface area contributed by atoms with Crippen LogP contribution < -0.4 is 0 Å². The zero-order valence-corrected chi connectivity index (χ0v) is 10.8. The largest absolute Gasteiger partial charge is 0.395 e. The number of benzene rings is 1. The van der Waals surface area contributed by atoms with E-state index in [1.807, 2.05) is 6.07 Å². The number of rotatable bonds is 3. The maximum Gasteiger partial charge on any atom is 0.130 e. The standard InChI is InChI=1S/C12H11Cl2NO2/c1-7(16)4-9-6-17-15-12(9)8-2-3-10(13)11(14)5-8/h2-3,5,9H,4,6H2,1H3. The van der Waals surface area contributed by atoms with E-state index >= 15 is 0 Å². The first-order chi connectivity index (χ1) is 8.08. The van der Waals surface area contributed by atoms with Gasteiger partial charge in [-0.05, 0) is 19.1 Å². The maximum absolute atomic E-state index is 11.1. The summed E-state index contributed by atoms with van der Waals surface area (Å²) >= 11 is 11.8. The Morgan fingerprint density at radius 3 is 2.88 bits per heavy atom. The molecule has 2 rings (SSSR count). The monoisotopic (exact) mass is 271 g/mol. The lowest BCUT2D eigenvalue weighted by Crippen LogP contribution is -2.17. The Labute approximate surface area is 109 Å². The van der Waals surface area contributed by atoms with Crippen LogP contribution >= 0.6 is 23.2 Å². The predicted molar refractivity (Wildman–Crippen MR) is 67.7 cm³/mol. The van der Waals surface area contributed by atoms with E-state index in [0.29, 0.717) is 23.1 Å². The van der Waals surface area contributed by atoms with Gasteiger partial charge in [0.1, 0.15) is 12.4 Å². The maximum atomic E-state index is 11.1. The van der Waals surface area contributed by atoms with E-state index in [4.69, 9.17) is 28.0 Å². The summed E-state index contributed by atoms with van der Waals surface area (Å²) in [6.07, 6.45) is 0.430. The molecule has 0 saturated carbocycles. The van der Waals surface area contributed by atoms with E-state index in [1.54, 1.807) is 19.1 Å². The lowest BCUT2D eigenvalue weighted by molar-refractivity contribution is -0.117. The number of carbonyl (C=O) groups excluding carboxylic acids is 1. The normalized spacial score (nSPS) is 18.8. The summed E-state index contributed by atoms with van der Waals surface area (Å²) in [4.78, 5) is 16.2. The van der Waals surface area contributed by atoms with Crippen LogP contribution in [0.1, 0.15) is 18.9 Å². The fourth-order valence-corrected chi connectivity index (χ4v) is 2.09. The van der Waals surface area contributed by atoms with Gasteiger partial charge in [0.25, 0.3) is 0 Å². The third kappa shape index (κ3) is 2.79. The molecule has 1 heterocycles. The van der Waals surface area contributed by atoms with Crippen LogP contribution in [0.25, 0.3) is 0 Å². The SMILES string of the molecule is CC(=O)CC1CON=C1c1ccc(Cl)c(Cl)c1. The number of hydrogen-bond acceptors (Lipinski definition) is 3. The van der Waals surface area contributed by atoms with Crippen molar-refractivity contribution in [3.8, 4) is 0 Å². The average Bonchev–Trinajstić information content (AvgIpc) is 2.69. The highest BCUT2D eigenvalue weighted by molar-refractivity contribution is 6.42. The van der Waals surface area contributed by atoms with Crippen LogP contribution in [0.15, 0.2) is 23.4 Å². The van der Waals surface area contributed by atoms with Gasteiger partial charge in [-0.2, -0.15) is 0 Å². The minimum Gasteiger partial charge on any atom is -0.395 e. The zero-order chi connectivity index (χ0) is 12.4. The summed E-state index contributed by atoms with van der Waals surface area (Å²) in [5.74, 6) is 0.123. The molecule has 0 bridgehead atoms. The number of hydrogen-bond donors (Lipinski definition) is 0. The second-order valence-corrected chi connectivity index (χ2v) is 4.82. The van der Waals surface area contributed by atoms with E-state index < -0.39 is 0 Å². The van der Waals surface area contributed by atoms with Crippen molar-refractivity contribution >= 4 is 34.7 Å². The van der Waals surface area contributed by atoms with Crippen molar-refractivity contribution in [3.63, 3.8) is 0 Å². The summed E-state index contributed by atoms with van der Waals surface area (Å²) in [6.45, 7) is 2.00. The van der Waals surface area contributed by atoms with Crippen molar-refractivity contribution in [1.82, 2.24) is 0 Å². The van der Waals surface area contributed by atoms with Crippen LogP contribution in [-0.2, 0) is 9.63 Å². The summed E-state index contributed by atoms with van der Waals surface area (Å²) in [6, 6.07) is 5.28. The fraction of sp³-hybridized carbons (Fsp3) is 0.333. The molecule has 0 fully saturated rings. The molecule has 0 aliphatic carbocycles. The first-order valence-electron chi connectivity index (χ1n) is 5.22. The summed E-state index contributed by atoms with van der Waals surface area (Å²) < 4.78 is 0. The second-order valence-electron chi connectivity index (χ2n) is 4.00. The summed E-state index contributed by atoms with van der Waals surface area (Å²) in [5, 5.41) is 4.94. The van der Waals surface area contributed by atoms with Gasteiger partial charge in [0.05, 0.1) is 15.8 Å². The predicted octanol–water partition coefficient (Wildman–Crippen LogP) is 3.32. The average molecular weight is 272 g/mol. The lowest BCUT2D eigenvalue weighted by Gasteiger charge is -2.09. The molecule has 0 saturated heterocycles. The molecule has 0 N–H and O–H groups in total.